The van der Waals surface area contributed by atoms with Gasteiger partial charge in [0.25, 0.3) is 0 Å². The molecule has 0 saturated carbocycles. The Morgan fingerprint density at radius 3 is 1.59 bits per heavy atom. The van der Waals surface area contributed by atoms with Crippen LogP contribution in [0.25, 0.3) is 23.3 Å². The van der Waals surface area contributed by atoms with Crippen molar-refractivity contribution in [3.05, 3.63) is 164 Å². The molecule has 2 aliphatic carbocycles. The summed E-state index contributed by atoms with van der Waals surface area (Å²) in [5.74, 6) is 0. The number of hydrogen-bond donors (Lipinski definition) is 1. The van der Waals surface area contributed by atoms with Gasteiger partial charge in [0.2, 0.25) is 6.33 Å². The molecule has 2 aliphatic heterocycles. The number of carbonyl (C=O) groups excluding carboxylic acids is 2. The Bertz CT molecular complexity index is 3160. The number of carbonyl (C=O) groups is 2. The van der Waals surface area contributed by atoms with Gasteiger partial charge < -0.3 is 33.7 Å². The number of nitrogens with zero attached hydrogens (tertiary/aromatic N) is 10. The largest absolute Gasteiger partial charge is 0.444 e. The van der Waals surface area contributed by atoms with Gasteiger partial charge in [0.15, 0.2) is 5.69 Å². The van der Waals surface area contributed by atoms with Crippen LogP contribution in [0.4, 0.5) is 9.59 Å². The van der Waals surface area contributed by atoms with Gasteiger partial charge in [-0.05, 0) is 135 Å². The van der Waals surface area contributed by atoms with E-state index >= 15 is 0 Å². The number of imidazole rings is 2. The van der Waals surface area contributed by atoms with Gasteiger partial charge in [-0.1, -0.05) is 47.5 Å². The first-order chi connectivity index (χ1) is 36.2. The SMILES string of the molecule is COC(C1=Cc2cccnc2[C@@H](N2CCN(C(=O)OC(C)(C)C)CC2)c2ccc(Cl)cc21)c1c[n+](C)cn1C.Cn1cnc(C(O)C2=Cc3cccnc3[C@@H](N3CCN(C(=O)OC(C)(C)C)CC3)c3ccc(Cl)cc32)c1. The van der Waals surface area contributed by atoms with Crippen LogP contribution in [0, 0.1) is 0 Å². The molecule has 16 nitrogen and oxygen atoms in total. The zero-order chi connectivity index (χ0) is 54.2. The van der Waals surface area contributed by atoms with Crippen LogP contribution in [0.1, 0.15) is 122 Å². The molecule has 0 spiro atoms. The molecular weight excluding hydrogens is 1000 g/mol. The van der Waals surface area contributed by atoms with E-state index in [0.29, 0.717) is 68.1 Å². The van der Waals surface area contributed by atoms with Crippen molar-refractivity contribution in [2.24, 2.45) is 21.1 Å². The molecule has 0 bridgehead atoms. The van der Waals surface area contributed by atoms with E-state index in [0.717, 1.165) is 61.6 Å². The Morgan fingerprint density at radius 1 is 0.697 bits per heavy atom. The van der Waals surface area contributed by atoms with E-state index in [1.165, 1.54) is 0 Å². The molecule has 10 rings (SSSR count). The molecule has 2 fully saturated rings. The second-order valence-corrected chi connectivity index (χ2v) is 22.7. The Labute approximate surface area is 455 Å². The topological polar surface area (TPSA) is 147 Å². The maximum absolute atomic E-state index is 12.7. The molecule has 1 N–H and O–H groups in total. The summed E-state index contributed by atoms with van der Waals surface area (Å²) in [5, 5.41) is 12.7. The summed E-state index contributed by atoms with van der Waals surface area (Å²) < 4.78 is 23.3. The number of benzene rings is 2. The van der Waals surface area contributed by atoms with E-state index in [-0.39, 0.29) is 30.4 Å². The molecule has 6 aromatic rings. The van der Waals surface area contributed by atoms with E-state index in [4.69, 9.17) is 47.4 Å². The predicted octanol–water partition coefficient (Wildman–Crippen LogP) is 9.48. The highest BCUT2D eigenvalue weighted by atomic mass is 35.5. The van der Waals surface area contributed by atoms with Crippen LogP contribution in [0.5, 0.6) is 0 Å². The highest BCUT2D eigenvalue weighted by molar-refractivity contribution is 6.31. The second-order valence-electron chi connectivity index (χ2n) is 21.9. The highest BCUT2D eigenvalue weighted by Crippen LogP contribution is 2.46. The Kier molecular flexibility index (Phi) is 16.0. The second kappa shape index (κ2) is 22.3. The number of methoxy groups -OCH3 is 1. The number of piperazine rings is 2. The first-order valence-electron chi connectivity index (χ1n) is 25.7. The third kappa shape index (κ3) is 11.9. The monoisotopic (exact) mass is 1070 g/mol. The van der Waals surface area contributed by atoms with Gasteiger partial charge in [0.05, 0.1) is 49.6 Å². The van der Waals surface area contributed by atoms with Crippen molar-refractivity contribution in [3.8, 4) is 0 Å². The van der Waals surface area contributed by atoms with Crippen molar-refractivity contribution in [2.75, 3.05) is 59.5 Å². The van der Waals surface area contributed by atoms with Crippen molar-refractivity contribution in [3.63, 3.8) is 0 Å². The van der Waals surface area contributed by atoms with Gasteiger partial charge in [-0.2, -0.15) is 0 Å². The normalized spacial score (nSPS) is 18.8. The third-order valence-corrected chi connectivity index (χ3v) is 14.4. The number of fused-ring (bicyclic) bond motifs is 4. The van der Waals surface area contributed by atoms with E-state index in [2.05, 4.69) is 43.8 Å². The summed E-state index contributed by atoms with van der Waals surface area (Å²) in [6.07, 6.45) is 13.6. The van der Waals surface area contributed by atoms with Crippen LogP contribution in [-0.4, -0.2) is 132 Å². The molecule has 2 saturated heterocycles. The molecule has 76 heavy (non-hydrogen) atoms. The molecule has 4 atom stereocenters. The smallest absolute Gasteiger partial charge is 0.410 e. The van der Waals surface area contributed by atoms with Gasteiger partial charge >= 0.3 is 12.2 Å². The van der Waals surface area contributed by atoms with Crippen LogP contribution in [0.15, 0.2) is 98.1 Å². The number of aryl methyl sites for hydroxylation is 3. The van der Waals surface area contributed by atoms with Crippen LogP contribution < -0.4 is 4.57 Å². The van der Waals surface area contributed by atoms with Crippen molar-refractivity contribution < 1.29 is 33.5 Å². The van der Waals surface area contributed by atoms with E-state index in [9.17, 15) is 14.7 Å². The minimum absolute atomic E-state index is 0.106. The molecule has 2 amide bonds. The van der Waals surface area contributed by atoms with Crippen molar-refractivity contribution in [1.29, 1.82) is 0 Å². The summed E-state index contributed by atoms with van der Waals surface area (Å²) >= 11 is 13.1. The molecule has 4 aromatic heterocycles. The average Bonchev–Trinajstić information content (AvgIpc) is 3.88. The lowest BCUT2D eigenvalue weighted by atomic mass is 9.91. The highest BCUT2D eigenvalue weighted by Gasteiger charge is 2.39. The van der Waals surface area contributed by atoms with Crippen LogP contribution in [-0.2, 0) is 35.4 Å². The number of aliphatic hydroxyl groups is 1. The zero-order valence-corrected chi connectivity index (χ0v) is 46.6. The molecule has 2 aromatic carbocycles. The summed E-state index contributed by atoms with van der Waals surface area (Å²) in [6, 6.07) is 19.6. The lowest BCUT2D eigenvalue weighted by molar-refractivity contribution is -0.671. The van der Waals surface area contributed by atoms with Crippen LogP contribution in [0.3, 0.4) is 0 Å². The Balaban J connectivity index is 0.000000186. The van der Waals surface area contributed by atoms with Crippen LogP contribution in [0.2, 0.25) is 10.0 Å². The minimum atomic E-state index is -0.936. The standard InChI is InChI=1S/C30H37ClN5O3.C28H32ClN5O3/c1-30(2,3)39-29(37)36-14-12-35(13-15-36)27-22-10-9-21(31)17-23(22)24(16-20-8-7-11-32-26(20)27)28(38-6)25-18-33(4)19-34(25)5;1-28(2,3)37-27(36)34-12-10-33(11-13-34)25-20-8-7-19(29)15-21(20)22(14-18-6-5-9-30-24(18)25)26(35)23-16-32(4)17-31-23/h7-11,16-19,27-28H,12-15H2,1-6H3;5-9,14-17,25-26,35H,10-13H2,1-4H3/q+1;/t27-,28?;25-,26?/m00/s1. The summed E-state index contributed by atoms with van der Waals surface area (Å²) in [4.78, 5) is 47.8. The van der Waals surface area contributed by atoms with Gasteiger partial charge in [-0.15, -0.1) is 0 Å². The molecule has 2 unspecified atom stereocenters. The lowest BCUT2D eigenvalue weighted by Gasteiger charge is -2.40. The number of ether oxygens (including phenoxy) is 3. The van der Waals surface area contributed by atoms with Crippen molar-refractivity contribution >= 4 is 58.7 Å². The number of halogens is 2. The first kappa shape index (κ1) is 54.4. The molecule has 400 valence electrons. The number of amides is 2. The summed E-state index contributed by atoms with van der Waals surface area (Å²) in [6.45, 7) is 16.3. The number of hydrogen-bond acceptors (Lipinski definition) is 11. The van der Waals surface area contributed by atoms with Gasteiger partial charge in [-0.3, -0.25) is 19.8 Å². The van der Waals surface area contributed by atoms with Gasteiger partial charge in [-0.25, -0.2) is 23.7 Å². The molecule has 4 aliphatic rings. The zero-order valence-electron chi connectivity index (χ0n) is 45.1. The minimum Gasteiger partial charge on any atom is -0.444 e. The van der Waals surface area contributed by atoms with Gasteiger partial charge in [0.1, 0.15) is 29.6 Å². The number of rotatable bonds is 7. The van der Waals surface area contributed by atoms with Crippen molar-refractivity contribution in [2.45, 2.75) is 77.0 Å². The number of pyridine rings is 2. The average molecular weight is 1070 g/mol. The Morgan fingerprint density at radius 2 is 1.17 bits per heavy atom. The number of aromatic nitrogens is 6. The molecule has 18 heteroatoms. The quantitative estimate of drug-likeness (QED) is 0.153. The lowest BCUT2D eigenvalue weighted by Crippen LogP contribution is -2.51. The molecule has 6 heterocycles. The fourth-order valence-electron chi connectivity index (χ4n) is 10.6. The third-order valence-electron chi connectivity index (χ3n) is 14.0. The van der Waals surface area contributed by atoms with E-state index in [1.54, 1.807) is 29.4 Å². The predicted molar refractivity (Wildman–Crippen MR) is 294 cm³/mol. The van der Waals surface area contributed by atoms with E-state index < -0.39 is 17.3 Å². The maximum Gasteiger partial charge on any atom is 0.410 e. The maximum atomic E-state index is 12.7. The fraction of sp³-hybridized carbons (Fsp3) is 0.414. The van der Waals surface area contributed by atoms with Crippen molar-refractivity contribution in [1.82, 2.24) is 43.7 Å². The van der Waals surface area contributed by atoms with Crippen LogP contribution >= 0.6 is 23.2 Å². The molecule has 0 radical (unpaired) electrons. The first-order valence-corrected chi connectivity index (χ1v) is 26.5. The number of aliphatic hydroxyl groups excluding tert-OH is 1. The molecular formula is C58H69Cl2N10O6+. The fourth-order valence-corrected chi connectivity index (χ4v) is 11.0. The summed E-state index contributed by atoms with van der Waals surface area (Å²) in [7, 11) is 7.65. The van der Waals surface area contributed by atoms with E-state index in [1.807, 2.05) is 145 Å². The summed E-state index contributed by atoms with van der Waals surface area (Å²) in [5.41, 5.74) is 10.2. The Hall–Kier alpha value is -6.40. The van der Waals surface area contributed by atoms with Gasteiger partial charge in [0, 0.05) is 95.2 Å².